The summed E-state index contributed by atoms with van der Waals surface area (Å²) in [6, 6.07) is 9.99. The molecule has 188 valence electrons. The molecule has 0 saturated heterocycles. The van der Waals surface area contributed by atoms with Crippen molar-refractivity contribution in [3.05, 3.63) is 51.2 Å². The van der Waals surface area contributed by atoms with Crippen LogP contribution in [0.4, 0.5) is 0 Å². The van der Waals surface area contributed by atoms with Gasteiger partial charge in [0.1, 0.15) is 24.5 Å². The highest BCUT2D eigenvalue weighted by atomic mass is 32.1. The Morgan fingerprint density at radius 2 is 1.68 bits per heavy atom. The van der Waals surface area contributed by atoms with Crippen molar-refractivity contribution in [2.75, 3.05) is 13.2 Å². The van der Waals surface area contributed by atoms with Crippen LogP contribution in [-0.4, -0.2) is 40.8 Å². The van der Waals surface area contributed by atoms with E-state index in [1.807, 2.05) is 32.9 Å². The molecule has 0 aliphatic carbocycles. The summed E-state index contributed by atoms with van der Waals surface area (Å²) in [4.78, 5) is 24.7. The first-order chi connectivity index (χ1) is 15.8. The summed E-state index contributed by atoms with van der Waals surface area (Å²) in [5, 5.41) is 22.1. The lowest BCUT2D eigenvalue weighted by atomic mass is 9.74. The topological polar surface area (TPSA) is 95.9 Å². The summed E-state index contributed by atoms with van der Waals surface area (Å²) >= 11 is 1.41. The van der Waals surface area contributed by atoms with Crippen LogP contribution in [0.25, 0.3) is 0 Å². The van der Waals surface area contributed by atoms with E-state index in [-0.39, 0.29) is 23.3 Å². The largest absolute Gasteiger partial charge is 0.490 e. The van der Waals surface area contributed by atoms with E-state index in [1.54, 1.807) is 13.0 Å². The van der Waals surface area contributed by atoms with Crippen molar-refractivity contribution in [1.29, 1.82) is 0 Å². The average Bonchev–Trinajstić information content (AvgIpc) is 3.27. The fourth-order valence-corrected chi connectivity index (χ4v) is 5.11. The highest BCUT2D eigenvalue weighted by molar-refractivity contribution is 7.14. The van der Waals surface area contributed by atoms with E-state index in [2.05, 4.69) is 38.2 Å². The SMILES string of the molecule is CCc1cc(C(CC)(CC)c2ccc(C(=O)NCC(=O)O)s2)ccc1OCC(C)(O)C(C)(C)C. The highest BCUT2D eigenvalue weighted by Gasteiger charge is 2.37. The minimum Gasteiger partial charge on any atom is -0.490 e. The number of carboxylic acid groups (broad SMARTS) is 1. The van der Waals surface area contributed by atoms with Gasteiger partial charge in [-0.2, -0.15) is 0 Å². The number of amides is 1. The van der Waals surface area contributed by atoms with Gasteiger partial charge in [0.2, 0.25) is 0 Å². The van der Waals surface area contributed by atoms with Crippen LogP contribution in [0.3, 0.4) is 0 Å². The molecule has 1 aromatic heterocycles. The lowest BCUT2D eigenvalue weighted by Gasteiger charge is -2.37. The van der Waals surface area contributed by atoms with Crippen LogP contribution in [0.1, 0.15) is 87.0 Å². The Morgan fingerprint density at radius 3 is 2.21 bits per heavy atom. The molecule has 6 nitrogen and oxygen atoms in total. The molecule has 0 aliphatic rings. The molecule has 0 spiro atoms. The third kappa shape index (κ3) is 5.99. The summed E-state index contributed by atoms with van der Waals surface area (Å²) < 4.78 is 6.09. The molecule has 7 heteroatoms. The Labute approximate surface area is 207 Å². The van der Waals surface area contributed by atoms with Crippen LogP contribution in [0.5, 0.6) is 5.75 Å². The van der Waals surface area contributed by atoms with Gasteiger partial charge in [-0.1, -0.05) is 53.7 Å². The fourth-order valence-electron chi connectivity index (χ4n) is 3.84. The van der Waals surface area contributed by atoms with E-state index in [1.165, 1.54) is 11.3 Å². The first kappa shape index (κ1) is 27.9. The number of rotatable bonds is 11. The maximum absolute atomic E-state index is 12.4. The van der Waals surface area contributed by atoms with Gasteiger partial charge in [0.25, 0.3) is 5.91 Å². The molecule has 1 unspecified atom stereocenters. The van der Waals surface area contributed by atoms with E-state index in [0.29, 0.717) is 4.88 Å². The average molecular weight is 490 g/mol. The summed E-state index contributed by atoms with van der Waals surface area (Å²) in [6.45, 7) is 14.0. The van der Waals surface area contributed by atoms with Crippen molar-refractivity contribution in [3.63, 3.8) is 0 Å². The van der Waals surface area contributed by atoms with E-state index in [9.17, 15) is 14.7 Å². The van der Waals surface area contributed by atoms with Crippen LogP contribution in [0, 0.1) is 5.41 Å². The lowest BCUT2D eigenvalue weighted by molar-refractivity contribution is -0.135. The molecule has 0 fully saturated rings. The first-order valence-corrected chi connectivity index (χ1v) is 12.7. The standard InChI is InChI=1S/C27H39NO5S/c1-8-18-15-19(11-12-20(18)33-17-26(7,32)25(4,5)6)27(9-2,10-3)22-14-13-21(34-22)24(31)28-16-23(29)30/h11-15,32H,8-10,16-17H2,1-7H3,(H,28,31)(H,29,30). The molecule has 1 amide bonds. The van der Waals surface area contributed by atoms with Crippen molar-refractivity contribution in [1.82, 2.24) is 5.32 Å². The van der Waals surface area contributed by atoms with E-state index < -0.39 is 18.1 Å². The number of aryl methyl sites for hydroxylation is 1. The van der Waals surface area contributed by atoms with E-state index >= 15 is 0 Å². The van der Waals surface area contributed by atoms with Crippen molar-refractivity contribution >= 4 is 23.2 Å². The number of carbonyl (C=O) groups is 2. The monoisotopic (exact) mass is 489 g/mol. The molecule has 3 N–H and O–H groups in total. The number of carbonyl (C=O) groups excluding carboxylic acids is 1. The summed E-state index contributed by atoms with van der Waals surface area (Å²) in [5.74, 6) is -0.666. The maximum atomic E-state index is 12.4. The van der Waals surface area contributed by atoms with Gasteiger partial charge in [-0.25, -0.2) is 0 Å². The molecular formula is C27H39NO5S. The van der Waals surface area contributed by atoms with Gasteiger partial charge in [-0.3, -0.25) is 9.59 Å². The summed E-state index contributed by atoms with van der Waals surface area (Å²) in [7, 11) is 0. The van der Waals surface area contributed by atoms with Crippen LogP contribution in [0.2, 0.25) is 0 Å². The maximum Gasteiger partial charge on any atom is 0.322 e. The van der Waals surface area contributed by atoms with Gasteiger partial charge >= 0.3 is 5.97 Å². The van der Waals surface area contributed by atoms with Crippen molar-refractivity contribution < 1.29 is 24.5 Å². The molecule has 34 heavy (non-hydrogen) atoms. The van der Waals surface area contributed by atoms with Gasteiger partial charge < -0.3 is 20.3 Å². The minimum atomic E-state index is -1.07. The summed E-state index contributed by atoms with van der Waals surface area (Å²) in [6.07, 6.45) is 2.49. The predicted molar refractivity (Wildman–Crippen MR) is 137 cm³/mol. The third-order valence-corrected chi connectivity index (χ3v) is 8.32. The van der Waals surface area contributed by atoms with Gasteiger partial charge in [0.15, 0.2) is 0 Å². The van der Waals surface area contributed by atoms with Crippen LogP contribution in [-0.2, 0) is 16.6 Å². The minimum absolute atomic E-state index is 0.204. The van der Waals surface area contributed by atoms with Gasteiger partial charge in [0, 0.05) is 10.3 Å². The molecule has 0 saturated carbocycles. The van der Waals surface area contributed by atoms with Gasteiger partial charge in [0.05, 0.1) is 4.88 Å². The number of thiophene rings is 1. The second kappa shape index (κ2) is 10.9. The smallest absolute Gasteiger partial charge is 0.322 e. The number of aliphatic hydroxyl groups is 1. The quantitative estimate of drug-likeness (QED) is 0.392. The molecule has 1 heterocycles. The molecule has 2 rings (SSSR count). The zero-order valence-electron chi connectivity index (χ0n) is 21.4. The number of hydrogen-bond acceptors (Lipinski definition) is 5. The number of carboxylic acids is 1. The Balaban J connectivity index is 2.37. The molecular weight excluding hydrogens is 450 g/mol. The third-order valence-electron chi connectivity index (χ3n) is 7.03. The Morgan fingerprint density at radius 1 is 1.03 bits per heavy atom. The number of ether oxygens (including phenoxy) is 1. The van der Waals surface area contributed by atoms with Crippen LogP contribution in [0.15, 0.2) is 30.3 Å². The van der Waals surface area contributed by atoms with E-state index in [4.69, 9.17) is 9.84 Å². The number of benzene rings is 1. The lowest BCUT2D eigenvalue weighted by Crippen LogP contribution is -2.45. The highest BCUT2D eigenvalue weighted by Crippen LogP contribution is 2.43. The van der Waals surface area contributed by atoms with Crippen molar-refractivity contribution in [2.45, 2.75) is 78.7 Å². The van der Waals surface area contributed by atoms with Crippen LogP contribution < -0.4 is 10.1 Å². The molecule has 0 radical (unpaired) electrons. The van der Waals surface area contributed by atoms with Gasteiger partial charge in [-0.05, 0) is 60.9 Å². The number of nitrogens with one attached hydrogen (secondary N) is 1. The van der Waals surface area contributed by atoms with Crippen LogP contribution >= 0.6 is 11.3 Å². The Bertz CT molecular complexity index is 999. The molecule has 1 atom stereocenters. The molecule has 0 aliphatic heterocycles. The normalized spacial score (nSPS) is 13.9. The van der Waals surface area contributed by atoms with Gasteiger partial charge in [-0.15, -0.1) is 11.3 Å². The molecule has 1 aromatic carbocycles. The second-order valence-corrected chi connectivity index (χ2v) is 11.1. The zero-order valence-corrected chi connectivity index (χ0v) is 22.3. The van der Waals surface area contributed by atoms with Crippen molar-refractivity contribution in [2.24, 2.45) is 5.41 Å². The summed E-state index contributed by atoms with van der Waals surface area (Å²) in [5.41, 5.74) is 0.678. The molecule has 2 aromatic rings. The Hall–Kier alpha value is -2.38. The zero-order chi connectivity index (χ0) is 25.7. The molecule has 0 bridgehead atoms. The number of hydrogen-bond donors (Lipinski definition) is 3. The second-order valence-electron chi connectivity index (χ2n) is 10.0. The number of aliphatic carboxylic acids is 1. The predicted octanol–water partition coefficient (Wildman–Crippen LogP) is 5.41. The van der Waals surface area contributed by atoms with E-state index in [0.717, 1.165) is 41.0 Å². The van der Waals surface area contributed by atoms with Crippen molar-refractivity contribution in [3.8, 4) is 5.75 Å². The first-order valence-electron chi connectivity index (χ1n) is 11.9. The fraction of sp³-hybridized carbons (Fsp3) is 0.556. The Kier molecular flexibility index (Phi) is 8.94.